The summed E-state index contributed by atoms with van der Waals surface area (Å²) in [6.45, 7) is 2.39. The van der Waals surface area contributed by atoms with Crippen LogP contribution in [-0.2, 0) is 4.74 Å². The Balaban J connectivity index is 2.58. The normalized spacial score (nSPS) is 12.1. The van der Waals surface area contributed by atoms with Gasteiger partial charge >= 0.3 is 6.03 Å². The molecule has 0 aromatic heterocycles. The van der Waals surface area contributed by atoms with Gasteiger partial charge in [-0.3, -0.25) is 0 Å². The van der Waals surface area contributed by atoms with Gasteiger partial charge in [0.05, 0.1) is 24.9 Å². The Bertz CT molecular complexity index is 440. The van der Waals surface area contributed by atoms with Crippen molar-refractivity contribution in [1.29, 1.82) is 0 Å². The van der Waals surface area contributed by atoms with E-state index in [0.29, 0.717) is 5.69 Å². The summed E-state index contributed by atoms with van der Waals surface area (Å²) >= 11 is 3.40. The van der Waals surface area contributed by atoms with Crippen LogP contribution in [0.15, 0.2) is 22.7 Å². The Kier molecular flexibility index (Phi) is 6.27. The van der Waals surface area contributed by atoms with E-state index >= 15 is 0 Å². The van der Waals surface area contributed by atoms with E-state index in [2.05, 4.69) is 21.2 Å². The molecule has 106 valence electrons. The van der Waals surface area contributed by atoms with Gasteiger partial charge in [-0.05, 0) is 40.5 Å². The molecule has 1 aromatic carbocycles. The van der Waals surface area contributed by atoms with Crippen LogP contribution >= 0.6 is 15.9 Å². The summed E-state index contributed by atoms with van der Waals surface area (Å²) in [6.07, 6.45) is -0.692. The monoisotopic (exact) mass is 330 g/mol. The third-order valence-electron chi connectivity index (χ3n) is 2.56. The Morgan fingerprint density at radius 1 is 1.58 bits per heavy atom. The van der Waals surface area contributed by atoms with E-state index in [9.17, 15) is 9.90 Å². The number of rotatable bonds is 5. The summed E-state index contributed by atoms with van der Waals surface area (Å²) in [5, 5.41) is 12.3. The maximum Gasteiger partial charge on any atom is 0.321 e. The lowest BCUT2D eigenvalue weighted by Crippen LogP contribution is -2.38. The van der Waals surface area contributed by atoms with Crippen LogP contribution in [0.2, 0.25) is 0 Å². The van der Waals surface area contributed by atoms with Crippen LogP contribution in [0.3, 0.4) is 0 Å². The van der Waals surface area contributed by atoms with Gasteiger partial charge in [-0.1, -0.05) is 6.07 Å². The van der Waals surface area contributed by atoms with E-state index in [1.54, 1.807) is 7.05 Å². The summed E-state index contributed by atoms with van der Waals surface area (Å²) in [6, 6.07) is 5.39. The van der Waals surface area contributed by atoms with E-state index in [4.69, 9.17) is 4.74 Å². The lowest BCUT2D eigenvalue weighted by molar-refractivity contribution is 0.0501. The molecule has 0 aliphatic heterocycles. The van der Waals surface area contributed by atoms with Crippen molar-refractivity contribution in [1.82, 2.24) is 4.90 Å². The molecule has 0 spiro atoms. The number of nitrogens with one attached hydrogen (secondary N) is 1. The van der Waals surface area contributed by atoms with Crippen LogP contribution in [0.4, 0.5) is 10.5 Å². The highest BCUT2D eigenvalue weighted by Crippen LogP contribution is 2.23. The van der Waals surface area contributed by atoms with Gasteiger partial charge in [0.1, 0.15) is 0 Å². The minimum Gasteiger partial charge on any atom is -0.389 e. The number of halogens is 1. The smallest absolute Gasteiger partial charge is 0.321 e. The molecule has 2 amide bonds. The Hall–Kier alpha value is -1.11. The summed E-state index contributed by atoms with van der Waals surface area (Å²) in [5.74, 6) is 0. The summed E-state index contributed by atoms with van der Waals surface area (Å²) < 4.78 is 5.64. The van der Waals surface area contributed by atoms with Crippen LogP contribution in [0.5, 0.6) is 0 Å². The molecule has 1 atom stereocenters. The second-order valence-corrected chi connectivity index (χ2v) is 5.26. The number of hydrogen-bond donors (Lipinski definition) is 2. The molecule has 0 bridgehead atoms. The van der Waals surface area contributed by atoms with Crippen molar-refractivity contribution in [3.63, 3.8) is 0 Å². The average molecular weight is 331 g/mol. The van der Waals surface area contributed by atoms with Gasteiger partial charge in [-0.2, -0.15) is 0 Å². The number of anilines is 1. The van der Waals surface area contributed by atoms with Crippen LogP contribution in [0.25, 0.3) is 0 Å². The molecule has 2 N–H and O–H groups in total. The predicted molar refractivity (Wildman–Crippen MR) is 78.4 cm³/mol. The lowest BCUT2D eigenvalue weighted by atomic mass is 10.2. The molecule has 5 nitrogen and oxygen atoms in total. The molecule has 1 unspecified atom stereocenters. The van der Waals surface area contributed by atoms with E-state index in [1.165, 1.54) is 12.0 Å². The van der Waals surface area contributed by atoms with Crippen molar-refractivity contribution >= 4 is 27.6 Å². The number of aliphatic hydroxyl groups is 1. The highest BCUT2D eigenvalue weighted by atomic mass is 79.9. The first-order valence-corrected chi connectivity index (χ1v) is 6.68. The van der Waals surface area contributed by atoms with Crippen LogP contribution < -0.4 is 5.32 Å². The number of hydrogen-bond acceptors (Lipinski definition) is 3. The number of benzene rings is 1. The number of methoxy groups -OCH3 is 1. The van der Waals surface area contributed by atoms with E-state index in [-0.39, 0.29) is 19.2 Å². The summed E-state index contributed by atoms with van der Waals surface area (Å²) in [5.41, 5.74) is 1.80. The van der Waals surface area contributed by atoms with Gasteiger partial charge in [0.2, 0.25) is 0 Å². The molecule has 1 rings (SSSR count). The van der Waals surface area contributed by atoms with Gasteiger partial charge in [0.25, 0.3) is 0 Å². The summed E-state index contributed by atoms with van der Waals surface area (Å²) in [7, 11) is 3.13. The second kappa shape index (κ2) is 7.47. The fourth-order valence-electron chi connectivity index (χ4n) is 1.58. The quantitative estimate of drug-likeness (QED) is 0.870. The highest BCUT2D eigenvalue weighted by Gasteiger charge is 2.14. The van der Waals surface area contributed by atoms with Crippen molar-refractivity contribution in [3.8, 4) is 0 Å². The first-order valence-electron chi connectivity index (χ1n) is 5.89. The third-order valence-corrected chi connectivity index (χ3v) is 3.21. The Morgan fingerprint density at radius 2 is 2.26 bits per heavy atom. The molecule has 6 heteroatoms. The summed E-state index contributed by atoms with van der Waals surface area (Å²) in [4.78, 5) is 13.3. The molecule has 0 saturated heterocycles. The molecular formula is C13H19BrN2O3. The molecule has 0 radical (unpaired) electrons. The topological polar surface area (TPSA) is 61.8 Å². The predicted octanol–water partition coefficient (Wildman–Crippen LogP) is 2.23. The number of urea groups is 1. The molecule has 0 saturated carbocycles. The average Bonchev–Trinajstić information content (AvgIpc) is 2.32. The highest BCUT2D eigenvalue weighted by molar-refractivity contribution is 9.10. The second-order valence-electron chi connectivity index (χ2n) is 4.40. The van der Waals surface area contributed by atoms with Crippen LogP contribution in [0.1, 0.15) is 5.56 Å². The van der Waals surface area contributed by atoms with E-state index in [1.807, 2.05) is 25.1 Å². The molecule has 0 aliphatic carbocycles. The van der Waals surface area contributed by atoms with Crippen molar-refractivity contribution in [2.75, 3.05) is 32.6 Å². The number of carbonyl (C=O) groups is 1. The lowest BCUT2D eigenvalue weighted by Gasteiger charge is -2.21. The minimum absolute atomic E-state index is 0.200. The van der Waals surface area contributed by atoms with E-state index in [0.717, 1.165) is 10.0 Å². The molecular weight excluding hydrogens is 312 g/mol. The first kappa shape index (κ1) is 15.9. The minimum atomic E-state index is -0.692. The maximum absolute atomic E-state index is 11.9. The standard InChI is InChI=1S/C13H19BrN2O3/c1-9-4-5-12(11(14)6-9)15-13(18)16(2)7-10(17)8-19-3/h4-6,10,17H,7-8H2,1-3H3,(H,15,18). The van der Waals surface area contributed by atoms with Crippen LogP contribution in [0, 0.1) is 6.92 Å². The molecule has 19 heavy (non-hydrogen) atoms. The van der Waals surface area contributed by atoms with Gasteiger partial charge < -0.3 is 20.1 Å². The third kappa shape index (κ3) is 5.18. The van der Waals surface area contributed by atoms with Crippen LogP contribution in [-0.4, -0.2) is 49.5 Å². The number of likely N-dealkylation sites (N-methyl/N-ethyl adjacent to an activating group) is 1. The Morgan fingerprint density at radius 3 is 2.84 bits per heavy atom. The zero-order valence-corrected chi connectivity index (χ0v) is 12.9. The number of aliphatic hydroxyl groups excluding tert-OH is 1. The molecule has 0 heterocycles. The number of nitrogens with zero attached hydrogens (tertiary/aromatic N) is 1. The van der Waals surface area contributed by atoms with Crippen molar-refractivity contribution in [2.24, 2.45) is 0 Å². The van der Waals surface area contributed by atoms with Gasteiger partial charge in [-0.15, -0.1) is 0 Å². The number of amides is 2. The first-order chi connectivity index (χ1) is 8.93. The molecule has 0 aliphatic rings. The van der Waals surface area contributed by atoms with Crippen molar-refractivity contribution in [3.05, 3.63) is 28.2 Å². The van der Waals surface area contributed by atoms with E-state index < -0.39 is 6.10 Å². The SMILES string of the molecule is COCC(O)CN(C)C(=O)Nc1ccc(C)cc1Br. The fraction of sp³-hybridized carbons (Fsp3) is 0.462. The zero-order valence-electron chi connectivity index (χ0n) is 11.3. The van der Waals surface area contributed by atoms with Crippen molar-refractivity contribution in [2.45, 2.75) is 13.0 Å². The van der Waals surface area contributed by atoms with Gasteiger partial charge in [-0.25, -0.2) is 4.79 Å². The molecule has 1 aromatic rings. The van der Waals surface area contributed by atoms with Gasteiger partial charge in [0, 0.05) is 18.6 Å². The molecule has 0 fully saturated rings. The number of ether oxygens (including phenoxy) is 1. The Labute approximate surface area is 121 Å². The maximum atomic E-state index is 11.9. The number of carbonyl (C=O) groups excluding carboxylic acids is 1. The largest absolute Gasteiger partial charge is 0.389 e. The zero-order chi connectivity index (χ0) is 14.4. The fourth-order valence-corrected chi connectivity index (χ4v) is 2.17. The number of aryl methyl sites for hydroxylation is 1. The van der Waals surface area contributed by atoms with Crippen molar-refractivity contribution < 1.29 is 14.6 Å². The van der Waals surface area contributed by atoms with Gasteiger partial charge in [0.15, 0.2) is 0 Å².